The summed E-state index contributed by atoms with van der Waals surface area (Å²) in [6.07, 6.45) is 0. The lowest BCUT2D eigenvalue weighted by molar-refractivity contribution is 0.664. The van der Waals surface area contributed by atoms with Gasteiger partial charge in [0, 0.05) is 103 Å². The predicted molar refractivity (Wildman–Crippen MR) is 633 cm³/mol. The van der Waals surface area contributed by atoms with Crippen molar-refractivity contribution in [2.24, 2.45) is 0 Å². The van der Waals surface area contributed by atoms with Crippen molar-refractivity contribution in [1.29, 1.82) is 0 Å². The SMILES string of the molecule is CC1(C)c2ccccc2-c2ccc3c4ccccc4n(-c4ccccc4-c4nc(-c5ccccc5)c5c(n4)-c4ccccc4[Si]5(C)C)c3c21.C[Si]1(C)c2ccccc2-c2nc(-c3ccccc3-n3c4ccccc4c4ccc5c6ccccc6n(-c6ccccc6)c5c43)nc(-c3ccccc3)c21.C[Si]1(C)c2ccccc2-c2nc(-c3ccccc3-n3c4ccccc4c4ccc5c6ccccc6sc5c43)nc(-c3ccccc3)c21. The van der Waals surface area contributed by atoms with E-state index in [0.29, 0.717) is 0 Å². The van der Waals surface area contributed by atoms with Gasteiger partial charge in [-0.15, -0.1) is 11.3 Å². The Morgan fingerprint density at radius 1 is 0.215 bits per heavy atom. The molecule has 19 aromatic carbocycles. The molecule has 0 atom stereocenters. The van der Waals surface area contributed by atoms with E-state index in [4.69, 9.17) is 29.9 Å². The minimum Gasteiger partial charge on any atom is -0.308 e. The van der Waals surface area contributed by atoms with Crippen molar-refractivity contribution in [2.45, 2.75) is 58.5 Å². The van der Waals surface area contributed by atoms with Crippen LogP contribution in [0.4, 0.5) is 0 Å². The quantitative estimate of drug-likeness (QED) is 0.127. The number of benzene rings is 19. The third-order valence-corrected chi connectivity index (χ3v) is 44.2. The number of hydrogen-bond acceptors (Lipinski definition) is 7. The van der Waals surface area contributed by atoms with Crippen molar-refractivity contribution in [2.75, 3.05) is 0 Å². The maximum Gasteiger partial charge on any atom is 0.162 e. The predicted octanol–water partition coefficient (Wildman–Crippen LogP) is 30.9. The van der Waals surface area contributed by atoms with Gasteiger partial charge in [-0.3, -0.25) is 0 Å². The summed E-state index contributed by atoms with van der Waals surface area (Å²) in [5.74, 6) is 2.26. The minimum atomic E-state index is -2.09. The highest BCUT2D eigenvalue weighted by molar-refractivity contribution is 7.26. The average Bonchev–Trinajstić information content (AvgIpc) is 1.53. The van der Waals surface area contributed by atoms with Crippen LogP contribution in [0, 0.1) is 0 Å². The summed E-state index contributed by atoms with van der Waals surface area (Å²) in [5, 5.41) is 20.8. The van der Waals surface area contributed by atoms with Crippen LogP contribution >= 0.6 is 11.3 Å². The van der Waals surface area contributed by atoms with Crippen molar-refractivity contribution >= 4 is 174 Å². The third kappa shape index (κ3) is 13.1. The third-order valence-electron chi connectivity index (χ3n) is 32.5. The van der Waals surface area contributed by atoms with Crippen molar-refractivity contribution in [3.8, 4) is 136 Å². The van der Waals surface area contributed by atoms with Crippen molar-refractivity contribution in [1.82, 2.24) is 48.2 Å². The molecule has 0 unspecified atom stereocenters. The molecule has 0 spiro atoms. The fourth-order valence-corrected chi connectivity index (χ4v) is 36.8. The number of fused-ring (bicyclic) bond motifs is 30. The Morgan fingerprint density at radius 3 is 0.926 bits per heavy atom. The van der Waals surface area contributed by atoms with Crippen LogP contribution in [0.2, 0.25) is 39.3 Å². The molecule has 27 aromatic rings. The fourth-order valence-electron chi connectivity index (χ4n) is 25.8. The van der Waals surface area contributed by atoms with Crippen LogP contribution < -0.4 is 31.1 Å². The van der Waals surface area contributed by atoms with E-state index >= 15 is 0 Å². The summed E-state index contributed by atoms with van der Waals surface area (Å²) in [6, 6.07) is 162. The summed E-state index contributed by atoms with van der Waals surface area (Å²) in [7, 11) is -6.20. The van der Waals surface area contributed by atoms with Crippen LogP contribution in [0.1, 0.15) is 25.0 Å². The summed E-state index contributed by atoms with van der Waals surface area (Å²) >= 11 is 1.88. The second-order valence-electron chi connectivity index (χ2n) is 42.1. The second-order valence-corrected chi connectivity index (χ2v) is 56.0. The molecule has 706 valence electrons. The molecule has 0 saturated carbocycles. The average molecular weight is 1980 g/mol. The topological polar surface area (TPSA) is 97.1 Å². The summed E-state index contributed by atoms with van der Waals surface area (Å²) in [4.78, 5) is 33.2. The summed E-state index contributed by atoms with van der Waals surface area (Å²) in [5.41, 5.74) is 35.8. The molecule has 1 aliphatic carbocycles. The van der Waals surface area contributed by atoms with E-state index in [-0.39, 0.29) is 5.41 Å². The Hall–Kier alpha value is -17.5. The van der Waals surface area contributed by atoms with E-state index in [9.17, 15) is 0 Å². The fraction of sp³-hybridized carbons (Fsp3) is 0.0667. The minimum absolute atomic E-state index is 0.170. The molecule has 3 aliphatic heterocycles. The van der Waals surface area contributed by atoms with Crippen LogP contribution in [0.5, 0.6) is 0 Å². The van der Waals surface area contributed by atoms with E-state index in [1.54, 1.807) is 0 Å². The van der Waals surface area contributed by atoms with Gasteiger partial charge in [0.05, 0.1) is 100 Å². The van der Waals surface area contributed by atoms with Crippen LogP contribution in [0.25, 0.3) is 243 Å². The highest BCUT2D eigenvalue weighted by atomic mass is 32.1. The molecule has 0 radical (unpaired) electrons. The van der Waals surface area contributed by atoms with Crippen LogP contribution in [0.3, 0.4) is 0 Å². The highest BCUT2D eigenvalue weighted by Gasteiger charge is 2.47. The van der Waals surface area contributed by atoms with Gasteiger partial charge in [0.2, 0.25) is 0 Å². The Kier molecular flexibility index (Phi) is 19.8. The molecule has 8 aromatic heterocycles. The van der Waals surface area contributed by atoms with Crippen LogP contribution in [0.15, 0.2) is 449 Å². The first-order valence-electron chi connectivity index (χ1n) is 51.6. The molecule has 149 heavy (non-hydrogen) atoms. The van der Waals surface area contributed by atoms with Crippen molar-refractivity contribution in [3.63, 3.8) is 0 Å². The molecule has 0 N–H and O–H groups in total. The van der Waals surface area contributed by atoms with Gasteiger partial charge in [-0.2, -0.15) is 0 Å². The van der Waals surface area contributed by atoms with E-state index in [1.165, 1.54) is 172 Å². The number of hydrogen-bond donors (Lipinski definition) is 0. The molecule has 31 rings (SSSR count). The van der Waals surface area contributed by atoms with Gasteiger partial charge in [-0.25, -0.2) is 29.9 Å². The summed E-state index contributed by atoms with van der Waals surface area (Å²) in [6.45, 7) is 19.4. The van der Waals surface area contributed by atoms with Gasteiger partial charge in [0.25, 0.3) is 0 Å². The number of thiophene rings is 1. The van der Waals surface area contributed by atoms with E-state index in [1.807, 2.05) is 11.3 Å². The van der Waals surface area contributed by atoms with E-state index < -0.39 is 24.2 Å². The number of nitrogens with zero attached hydrogens (tertiary/aromatic N) is 10. The Balaban J connectivity index is 0.000000105. The standard InChI is InChI=1S/C48H34N4Si.C45H35N3Si.C42H29N3SSi/c1-53(2)42-28-16-12-24-38(42)44-47(53)43(31-17-5-3-6-18-31)49-48(50-44)37-23-11-15-27-41(37)52-40-26-14-10-22-34(40)36-30-29-35-33-21-9-13-25-39(33)51(45(35)46(36)52)32-19-7-4-8-20-32;1-45(2)35-22-12-8-18-29(35)31-26-27-32-30-19-9-13-23-36(30)48(42(32)39(31)45)37-24-14-10-20-33(37)44-46-40(28-16-6-5-7-17-28)43-41(47-44)34-21-11-15-25-38(34)49(43,3)4;1-47(2)36-23-13-9-19-32(36)38-41(47)37(26-14-4-3-5-15-26)43-42(44-38)31-18-7-11-21-34(31)45-33-20-10-6-16-27(33)29-24-25-30-28-17-8-12-22-35(28)46-40(30)39(29)45/h3-30H,1-2H3;5-27H,1-4H3;3-25H,1-2H3. The molecular formula is C135H98N10SSi3. The number of para-hydroxylation sites is 8. The molecule has 0 saturated heterocycles. The van der Waals surface area contributed by atoms with Crippen LogP contribution in [-0.2, 0) is 5.41 Å². The molecule has 10 nitrogen and oxygen atoms in total. The van der Waals surface area contributed by atoms with E-state index in [2.05, 4.69) is 520 Å². The normalized spacial score (nSPS) is 13.9. The monoisotopic (exact) mass is 1970 g/mol. The maximum absolute atomic E-state index is 5.56. The maximum atomic E-state index is 5.56. The molecule has 0 fully saturated rings. The highest BCUT2D eigenvalue weighted by Crippen LogP contribution is 2.55. The second kappa shape index (κ2) is 33.5. The zero-order chi connectivity index (χ0) is 99.6. The lowest BCUT2D eigenvalue weighted by Gasteiger charge is -2.24. The van der Waals surface area contributed by atoms with Crippen LogP contribution in [-0.4, -0.2) is 72.4 Å². The first kappa shape index (κ1) is 88.0. The number of rotatable bonds is 10. The summed E-state index contributed by atoms with van der Waals surface area (Å²) < 4.78 is 12.5. The zero-order valence-corrected chi connectivity index (χ0v) is 87.4. The first-order chi connectivity index (χ1) is 73.0. The molecule has 14 heteroatoms. The molecule has 0 amide bonds. The first-order valence-corrected chi connectivity index (χ1v) is 61.4. The Bertz CT molecular complexity index is 10300. The molecule has 11 heterocycles. The molecular weight excluding hydrogens is 1880 g/mol. The molecule has 0 bridgehead atoms. The van der Waals surface area contributed by atoms with Gasteiger partial charge in [-0.1, -0.05) is 423 Å². The van der Waals surface area contributed by atoms with Gasteiger partial charge in [0.15, 0.2) is 17.5 Å². The number of aromatic nitrogens is 10. The van der Waals surface area contributed by atoms with Gasteiger partial charge in [0.1, 0.15) is 24.2 Å². The van der Waals surface area contributed by atoms with E-state index in [0.717, 1.165) is 113 Å². The zero-order valence-electron chi connectivity index (χ0n) is 83.6. The Morgan fingerprint density at radius 2 is 0.503 bits per heavy atom. The largest absolute Gasteiger partial charge is 0.308 e. The smallest absolute Gasteiger partial charge is 0.162 e. The lowest BCUT2D eigenvalue weighted by Crippen LogP contribution is -2.50. The van der Waals surface area contributed by atoms with Crippen molar-refractivity contribution in [3.05, 3.63) is 460 Å². The van der Waals surface area contributed by atoms with Gasteiger partial charge < -0.3 is 18.3 Å². The Labute approximate surface area is 869 Å². The van der Waals surface area contributed by atoms with Gasteiger partial charge >= 0.3 is 0 Å². The van der Waals surface area contributed by atoms with Crippen molar-refractivity contribution < 1.29 is 0 Å². The lowest BCUT2D eigenvalue weighted by atomic mass is 9.81. The van der Waals surface area contributed by atoms with Gasteiger partial charge in [-0.05, 0) is 149 Å². The molecule has 4 aliphatic rings.